The fourth-order valence-electron chi connectivity index (χ4n) is 2.15. The Bertz CT molecular complexity index is 1160. The summed E-state index contributed by atoms with van der Waals surface area (Å²) in [5.41, 5.74) is 13.1. The number of nitrogens with two attached hydrogens (primary N) is 2. The lowest BCUT2D eigenvalue weighted by atomic mass is 10.3. The van der Waals surface area contributed by atoms with Crippen LogP contribution < -0.4 is 31.6 Å². The molecule has 0 aliphatic rings. The van der Waals surface area contributed by atoms with E-state index >= 15 is 0 Å². The molecular weight excluding hydrogens is 536 g/mol. The number of aromatic nitrogens is 2. The largest absolute Gasteiger partial charge is 0.544 e. The molecule has 0 amide bonds. The van der Waals surface area contributed by atoms with Gasteiger partial charge in [0.1, 0.15) is 9.75 Å². The summed E-state index contributed by atoms with van der Waals surface area (Å²) in [6.45, 7) is 4.02. The number of anilines is 2. The molecule has 0 unspecified atom stereocenters. The van der Waals surface area contributed by atoms with Crippen molar-refractivity contribution >= 4 is 58.2 Å². The Morgan fingerprint density at radius 1 is 0.632 bits per heavy atom. The van der Waals surface area contributed by atoms with Crippen molar-refractivity contribution in [3.63, 3.8) is 0 Å². The highest BCUT2D eigenvalue weighted by Crippen LogP contribution is 2.16. The van der Waals surface area contributed by atoms with Crippen molar-refractivity contribution in [3.05, 3.63) is 91.6 Å². The molecule has 14 heteroatoms. The molecule has 12 nitrogen and oxygen atoms in total. The van der Waals surface area contributed by atoms with E-state index in [0.29, 0.717) is 23.0 Å². The summed E-state index contributed by atoms with van der Waals surface area (Å²) in [6.07, 6.45) is 3.74. The Labute approximate surface area is 224 Å². The minimum atomic E-state index is -1.37. The highest BCUT2D eigenvalue weighted by Gasteiger charge is 2.10. The Morgan fingerprint density at radius 2 is 0.947 bits per heavy atom. The van der Waals surface area contributed by atoms with Crippen molar-refractivity contribution in [2.75, 3.05) is 11.5 Å². The summed E-state index contributed by atoms with van der Waals surface area (Å²) < 4.78 is 0. The molecule has 0 bridgehead atoms. The smallest absolute Gasteiger partial charge is 0.345 e. The maximum atomic E-state index is 10.3. The number of carbonyl (C=O) groups is 4. The van der Waals surface area contributed by atoms with Gasteiger partial charge in [-0.2, -0.15) is 0 Å². The molecule has 0 saturated heterocycles. The number of nitrogens with one attached hydrogen (secondary N) is 2. The average molecular weight is 561 g/mol. The van der Waals surface area contributed by atoms with Crippen molar-refractivity contribution in [2.45, 2.75) is 13.8 Å². The van der Waals surface area contributed by atoms with Crippen molar-refractivity contribution in [1.82, 2.24) is 0 Å². The first-order chi connectivity index (χ1) is 17.8. The molecule has 8 N–H and O–H groups in total. The maximum Gasteiger partial charge on any atom is 0.345 e. The fourth-order valence-corrected chi connectivity index (χ4v) is 3.51. The summed E-state index contributed by atoms with van der Waals surface area (Å²) in [5.74, 6) is -3.53. The van der Waals surface area contributed by atoms with Crippen molar-refractivity contribution in [2.24, 2.45) is 0 Å². The zero-order valence-corrected chi connectivity index (χ0v) is 21.7. The number of hydrogen-bond acceptors (Lipinski definition) is 10. The van der Waals surface area contributed by atoms with Crippen molar-refractivity contribution < 1.29 is 49.6 Å². The molecule has 4 aromatic heterocycles. The minimum absolute atomic E-state index is 0.0439. The number of rotatable bonds is 4. The van der Waals surface area contributed by atoms with E-state index < -0.39 is 23.9 Å². The third-order valence-corrected chi connectivity index (χ3v) is 6.13. The van der Waals surface area contributed by atoms with Gasteiger partial charge in [0.15, 0.2) is 0 Å². The molecule has 0 spiro atoms. The number of carbonyl (C=O) groups excluding carboxylic acids is 2. The van der Waals surface area contributed by atoms with Gasteiger partial charge in [0.25, 0.3) is 11.6 Å². The maximum absolute atomic E-state index is 10.3. The van der Waals surface area contributed by atoms with Gasteiger partial charge in [-0.15, -0.1) is 22.7 Å². The topological polar surface area (TPSA) is 235 Å². The van der Waals surface area contributed by atoms with Crippen LogP contribution in [0.4, 0.5) is 11.6 Å². The molecular formula is C24H24N4O8S2. The molecule has 0 aromatic carbocycles. The van der Waals surface area contributed by atoms with Crippen LogP contribution in [-0.4, -0.2) is 34.1 Å². The fraction of sp³-hybridized carbons (Fsp3) is 0.0833. The Hall–Kier alpha value is -4.82. The lowest BCUT2D eigenvalue weighted by molar-refractivity contribution is -0.361. The molecule has 200 valence electrons. The molecule has 0 aliphatic carbocycles. The molecule has 0 saturated carbocycles. The zero-order valence-electron chi connectivity index (χ0n) is 20.1. The number of carboxylic acid groups (broad SMARTS) is 4. The first-order valence-electron chi connectivity index (χ1n) is 10.4. The van der Waals surface area contributed by atoms with Crippen LogP contribution in [0, 0.1) is 13.8 Å². The van der Waals surface area contributed by atoms with Crippen LogP contribution in [0.1, 0.15) is 49.8 Å². The van der Waals surface area contributed by atoms with E-state index in [2.05, 4.69) is 9.97 Å². The van der Waals surface area contributed by atoms with Crippen molar-refractivity contribution in [3.8, 4) is 0 Å². The quantitative estimate of drug-likeness (QED) is 0.268. The van der Waals surface area contributed by atoms with Gasteiger partial charge >= 0.3 is 11.9 Å². The molecule has 4 rings (SSSR count). The summed E-state index contributed by atoms with van der Waals surface area (Å²) >= 11 is 1.37. The predicted octanol–water partition coefficient (Wildman–Crippen LogP) is 0.402. The van der Waals surface area contributed by atoms with Crippen LogP contribution in [-0.2, 0) is 0 Å². The second-order valence-electron chi connectivity index (χ2n) is 7.16. The standard InChI is InChI=1S/2C6H8N2.2C6H4O4S/c2*1-5-2-3-6(7)8-4-5;2*7-5(8)3-1-2-4(11-3)6(9)10/h2*2-4H,1H3,(H2,7,8);2*1-2H,(H,7,8)(H,9,10). The van der Waals surface area contributed by atoms with Gasteiger partial charge < -0.3 is 30.0 Å². The van der Waals surface area contributed by atoms with Gasteiger partial charge in [0.2, 0.25) is 0 Å². The molecule has 0 aliphatic heterocycles. The number of aryl methyl sites for hydroxylation is 2. The summed E-state index contributed by atoms with van der Waals surface area (Å²) in [7, 11) is 0. The van der Waals surface area contributed by atoms with Crippen LogP contribution in [0.25, 0.3) is 0 Å². The number of pyridine rings is 2. The number of hydrogen-bond donors (Lipinski definition) is 4. The molecule has 0 radical (unpaired) electrons. The molecule has 4 aromatic rings. The Balaban J connectivity index is 0.000000256. The van der Waals surface area contributed by atoms with Crippen LogP contribution >= 0.6 is 22.7 Å². The third-order valence-electron chi connectivity index (χ3n) is 4.02. The molecule has 0 fully saturated rings. The Kier molecular flexibility index (Phi) is 12.6. The van der Waals surface area contributed by atoms with Crippen LogP contribution in [0.5, 0.6) is 0 Å². The van der Waals surface area contributed by atoms with Gasteiger partial charge in [-0.25, -0.2) is 19.6 Å². The van der Waals surface area contributed by atoms with Crippen LogP contribution in [0.15, 0.2) is 60.9 Å². The monoisotopic (exact) mass is 560 g/mol. The van der Waals surface area contributed by atoms with E-state index in [1.54, 1.807) is 0 Å². The van der Waals surface area contributed by atoms with Crippen LogP contribution in [0.2, 0.25) is 0 Å². The van der Waals surface area contributed by atoms with Crippen LogP contribution in [0.3, 0.4) is 0 Å². The second-order valence-corrected chi connectivity index (χ2v) is 9.32. The molecule has 4 heterocycles. The number of aromatic carboxylic acids is 4. The summed E-state index contributed by atoms with van der Waals surface area (Å²) in [5, 5.41) is 37.0. The zero-order chi connectivity index (χ0) is 28.8. The SMILES string of the molecule is Cc1ccc(N)[nH+]c1.Cc1ccc(N)[nH+]c1.O=C(O)c1ccc(C(=O)O)s1.O=C([O-])c1ccc(C(=O)[O-])s1. The van der Waals surface area contributed by atoms with Gasteiger partial charge in [-0.05, 0) is 61.4 Å². The van der Waals surface area contributed by atoms with Gasteiger partial charge in [-0.3, -0.25) is 11.5 Å². The number of H-pyrrole nitrogens is 2. The molecule has 38 heavy (non-hydrogen) atoms. The highest BCUT2D eigenvalue weighted by atomic mass is 32.1. The van der Waals surface area contributed by atoms with Crippen molar-refractivity contribution in [1.29, 1.82) is 0 Å². The highest BCUT2D eigenvalue weighted by molar-refractivity contribution is 7.16. The van der Waals surface area contributed by atoms with Gasteiger partial charge in [-0.1, -0.05) is 0 Å². The normalized spacial score (nSPS) is 9.32. The van der Waals surface area contributed by atoms with E-state index in [-0.39, 0.29) is 19.5 Å². The first kappa shape index (κ1) is 31.2. The van der Waals surface area contributed by atoms with Gasteiger partial charge in [0.05, 0.1) is 34.1 Å². The number of thiophene rings is 2. The summed E-state index contributed by atoms with van der Waals surface area (Å²) in [4.78, 5) is 46.4. The Morgan fingerprint density at radius 3 is 1.13 bits per heavy atom. The van der Waals surface area contributed by atoms with E-state index in [1.807, 2.05) is 50.5 Å². The summed E-state index contributed by atoms with van der Waals surface area (Å²) in [6, 6.07) is 12.5. The molecule has 0 atom stereocenters. The third kappa shape index (κ3) is 11.7. The lowest BCUT2D eigenvalue weighted by Gasteiger charge is -1.95. The first-order valence-corrected chi connectivity index (χ1v) is 12.0. The number of aromatic amines is 2. The van der Waals surface area contributed by atoms with Gasteiger partial charge in [0, 0.05) is 12.1 Å². The van der Waals surface area contributed by atoms with E-state index in [1.165, 1.54) is 35.4 Å². The lowest BCUT2D eigenvalue weighted by Crippen LogP contribution is -2.21. The number of nitrogen functional groups attached to an aromatic ring is 2. The number of carboxylic acids is 4. The van der Waals surface area contributed by atoms with E-state index in [4.69, 9.17) is 21.7 Å². The predicted molar refractivity (Wildman–Crippen MR) is 136 cm³/mol. The van der Waals surface area contributed by atoms with E-state index in [9.17, 15) is 29.4 Å². The minimum Gasteiger partial charge on any atom is -0.544 e. The van der Waals surface area contributed by atoms with E-state index in [0.717, 1.165) is 11.3 Å². The second kappa shape index (κ2) is 15.3. The average Bonchev–Trinajstić information content (AvgIpc) is 3.55.